The monoisotopic (exact) mass is 297 g/mol. The molecule has 22 heavy (non-hydrogen) atoms. The van der Waals surface area contributed by atoms with Crippen molar-refractivity contribution in [3.63, 3.8) is 0 Å². The van der Waals surface area contributed by atoms with Gasteiger partial charge in [0.05, 0.1) is 6.61 Å². The van der Waals surface area contributed by atoms with Gasteiger partial charge < -0.3 is 14.7 Å². The summed E-state index contributed by atoms with van der Waals surface area (Å²) >= 11 is 0. The third-order valence-corrected chi connectivity index (χ3v) is 4.30. The Bertz CT molecular complexity index is 641. The highest BCUT2D eigenvalue weighted by Gasteiger charge is 2.28. The summed E-state index contributed by atoms with van der Waals surface area (Å²) in [6, 6.07) is 16.6. The average Bonchev–Trinajstić information content (AvgIpc) is 2.84. The van der Waals surface area contributed by atoms with Crippen LogP contribution in [0, 0.1) is 0 Å². The van der Waals surface area contributed by atoms with Gasteiger partial charge in [0.1, 0.15) is 11.9 Å². The molecule has 1 N–H and O–H groups in total. The summed E-state index contributed by atoms with van der Waals surface area (Å²) in [6.07, 6.45) is 0.479. The van der Waals surface area contributed by atoms with Crippen LogP contribution in [-0.2, 0) is 6.42 Å². The molecule has 116 valence electrons. The van der Waals surface area contributed by atoms with Crippen molar-refractivity contribution in [1.82, 2.24) is 0 Å². The minimum atomic E-state index is -0.559. The average molecular weight is 297 g/mol. The Hall–Kier alpha value is -2.00. The molecule has 0 bridgehead atoms. The Kier molecular flexibility index (Phi) is 4.34. The van der Waals surface area contributed by atoms with Crippen LogP contribution in [0.5, 0.6) is 5.75 Å². The van der Waals surface area contributed by atoms with Crippen molar-refractivity contribution >= 4 is 5.69 Å². The van der Waals surface area contributed by atoms with Crippen molar-refractivity contribution in [2.24, 2.45) is 0 Å². The van der Waals surface area contributed by atoms with Crippen LogP contribution < -0.4 is 9.64 Å². The SMILES string of the molecule is CCOc1ccccc1C(O)CN1c2ccccc2CC1C. The Morgan fingerprint density at radius 3 is 2.73 bits per heavy atom. The first-order valence-corrected chi connectivity index (χ1v) is 7.95. The second kappa shape index (κ2) is 6.41. The lowest BCUT2D eigenvalue weighted by Crippen LogP contribution is -2.33. The van der Waals surface area contributed by atoms with Crippen molar-refractivity contribution in [2.75, 3.05) is 18.1 Å². The van der Waals surface area contributed by atoms with E-state index in [0.717, 1.165) is 17.7 Å². The smallest absolute Gasteiger partial charge is 0.125 e. The number of β-amino-alcohol motifs (C(OH)–C–C–N with tert-alkyl or cyclic N) is 1. The number of nitrogens with zero attached hydrogens (tertiary/aromatic N) is 1. The summed E-state index contributed by atoms with van der Waals surface area (Å²) in [4.78, 5) is 2.29. The summed E-state index contributed by atoms with van der Waals surface area (Å²) in [7, 11) is 0. The Balaban J connectivity index is 1.82. The van der Waals surface area contributed by atoms with Crippen molar-refractivity contribution in [3.8, 4) is 5.75 Å². The fourth-order valence-corrected chi connectivity index (χ4v) is 3.24. The molecule has 2 atom stereocenters. The highest BCUT2D eigenvalue weighted by molar-refractivity contribution is 5.59. The number of hydrogen-bond acceptors (Lipinski definition) is 3. The van der Waals surface area contributed by atoms with E-state index in [2.05, 4.69) is 36.1 Å². The molecule has 0 aromatic heterocycles. The van der Waals surface area contributed by atoms with Crippen LogP contribution in [0.3, 0.4) is 0 Å². The predicted octanol–water partition coefficient (Wildman–Crippen LogP) is 3.57. The van der Waals surface area contributed by atoms with Gasteiger partial charge in [-0.05, 0) is 38.0 Å². The number of aliphatic hydroxyl groups is 1. The van der Waals surface area contributed by atoms with Gasteiger partial charge in [-0.15, -0.1) is 0 Å². The van der Waals surface area contributed by atoms with Gasteiger partial charge in [-0.3, -0.25) is 0 Å². The van der Waals surface area contributed by atoms with Crippen LogP contribution in [0.25, 0.3) is 0 Å². The lowest BCUT2D eigenvalue weighted by molar-refractivity contribution is 0.175. The molecule has 2 unspecified atom stereocenters. The molecule has 0 amide bonds. The molecule has 0 saturated heterocycles. The Morgan fingerprint density at radius 1 is 1.18 bits per heavy atom. The van der Waals surface area contributed by atoms with Gasteiger partial charge in [0.2, 0.25) is 0 Å². The van der Waals surface area contributed by atoms with Gasteiger partial charge in [0.25, 0.3) is 0 Å². The molecule has 2 aromatic carbocycles. The zero-order chi connectivity index (χ0) is 15.5. The van der Waals surface area contributed by atoms with E-state index < -0.39 is 6.10 Å². The molecule has 0 saturated carbocycles. The summed E-state index contributed by atoms with van der Waals surface area (Å²) in [5, 5.41) is 10.7. The first-order chi connectivity index (χ1) is 10.7. The van der Waals surface area contributed by atoms with Gasteiger partial charge in [-0.25, -0.2) is 0 Å². The minimum absolute atomic E-state index is 0.409. The number of benzene rings is 2. The van der Waals surface area contributed by atoms with Gasteiger partial charge in [0.15, 0.2) is 0 Å². The second-order valence-electron chi connectivity index (χ2n) is 5.82. The summed E-state index contributed by atoms with van der Waals surface area (Å²) in [5.74, 6) is 0.776. The molecular formula is C19H23NO2. The maximum atomic E-state index is 10.7. The fourth-order valence-electron chi connectivity index (χ4n) is 3.24. The number of para-hydroxylation sites is 2. The van der Waals surface area contributed by atoms with Gasteiger partial charge in [0, 0.05) is 23.8 Å². The highest BCUT2D eigenvalue weighted by atomic mass is 16.5. The van der Waals surface area contributed by atoms with E-state index in [1.807, 2.05) is 31.2 Å². The zero-order valence-electron chi connectivity index (χ0n) is 13.2. The summed E-state index contributed by atoms with van der Waals surface area (Å²) < 4.78 is 5.64. The quantitative estimate of drug-likeness (QED) is 0.916. The van der Waals surface area contributed by atoms with Crippen LogP contribution in [0.15, 0.2) is 48.5 Å². The standard InChI is InChI=1S/C19H23NO2/c1-3-22-19-11-7-5-9-16(19)18(21)13-20-14(2)12-15-8-4-6-10-17(15)20/h4-11,14,18,21H,3,12-13H2,1-2H3. The third-order valence-electron chi connectivity index (χ3n) is 4.30. The molecular weight excluding hydrogens is 274 g/mol. The van der Waals surface area contributed by atoms with E-state index in [1.54, 1.807) is 0 Å². The molecule has 0 aliphatic carbocycles. The molecule has 1 aliphatic rings. The van der Waals surface area contributed by atoms with E-state index >= 15 is 0 Å². The van der Waals surface area contributed by atoms with Crippen LogP contribution in [0.1, 0.15) is 31.1 Å². The maximum absolute atomic E-state index is 10.7. The molecule has 1 aliphatic heterocycles. The molecule has 0 radical (unpaired) electrons. The predicted molar refractivity (Wildman–Crippen MR) is 89.5 cm³/mol. The van der Waals surface area contributed by atoms with E-state index in [1.165, 1.54) is 11.3 Å². The van der Waals surface area contributed by atoms with Gasteiger partial charge in [-0.1, -0.05) is 36.4 Å². The molecule has 3 heteroatoms. The Labute approximate surface area is 132 Å². The number of ether oxygens (including phenoxy) is 1. The summed E-state index contributed by atoms with van der Waals surface area (Å²) in [6.45, 7) is 5.36. The Morgan fingerprint density at radius 2 is 1.91 bits per heavy atom. The lowest BCUT2D eigenvalue weighted by Gasteiger charge is -2.28. The van der Waals surface area contributed by atoms with Crippen LogP contribution >= 0.6 is 0 Å². The number of aliphatic hydroxyl groups excluding tert-OH is 1. The van der Waals surface area contributed by atoms with Gasteiger partial charge >= 0.3 is 0 Å². The maximum Gasteiger partial charge on any atom is 0.125 e. The molecule has 0 spiro atoms. The lowest BCUT2D eigenvalue weighted by atomic mass is 10.1. The van der Waals surface area contributed by atoms with E-state index in [9.17, 15) is 5.11 Å². The zero-order valence-corrected chi connectivity index (χ0v) is 13.2. The first-order valence-electron chi connectivity index (χ1n) is 7.95. The molecule has 1 heterocycles. The number of hydrogen-bond donors (Lipinski definition) is 1. The van der Waals surface area contributed by atoms with Crippen molar-refractivity contribution in [2.45, 2.75) is 32.4 Å². The molecule has 3 rings (SSSR count). The van der Waals surface area contributed by atoms with Gasteiger partial charge in [-0.2, -0.15) is 0 Å². The third kappa shape index (κ3) is 2.81. The minimum Gasteiger partial charge on any atom is -0.493 e. The highest BCUT2D eigenvalue weighted by Crippen LogP contribution is 2.34. The number of rotatable bonds is 5. The topological polar surface area (TPSA) is 32.7 Å². The van der Waals surface area contributed by atoms with Crippen molar-refractivity contribution in [3.05, 3.63) is 59.7 Å². The largest absolute Gasteiger partial charge is 0.493 e. The van der Waals surface area contributed by atoms with Crippen molar-refractivity contribution in [1.29, 1.82) is 0 Å². The first kappa shape index (κ1) is 14.9. The van der Waals surface area contributed by atoms with E-state index in [-0.39, 0.29) is 0 Å². The number of anilines is 1. The van der Waals surface area contributed by atoms with E-state index in [4.69, 9.17) is 4.74 Å². The molecule has 3 nitrogen and oxygen atoms in total. The second-order valence-corrected chi connectivity index (χ2v) is 5.82. The summed E-state index contributed by atoms with van der Waals surface area (Å²) in [5.41, 5.74) is 3.46. The number of fused-ring (bicyclic) bond motifs is 1. The van der Waals surface area contributed by atoms with Crippen LogP contribution in [0.2, 0.25) is 0 Å². The van der Waals surface area contributed by atoms with Crippen LogP contribution in [-0.4, -0.2) is 24.3 Å². The van der Waals surface area contributed by atoms with E-state index in [0.29, 0.717) is 19.2 Å². The molecule has 2 aromatic rings. The molecule has 0 fully saturated rings. The van der Waals surface area contributed by atoms with Crippen molar-refractivity contribution < 1.29 is 9.84 Å². The normalized spacial score (nSPS) is 18.1. The fraction of sp³-hybridized carbons (Fsp3) is 0.368. The van der Waals surface area contributed by atoms with Crippen LogP contribution in [0.4, 0.5) is 5.69 Å².